The average Bonchev–Trinajstić information content (AvgIpc) is 3.50. The number of carbonyl (C=O) groups excluding carboxylic acids is 1. The third-order valence-corrected chi connectivity index (χ3v) is 6.18. The molecule has 0 bridgehead atoms. The molecule has 5 rings (SSSR count). The van der Waals surface area contributed by atoms with Crippen molar-refractivity contribution < 1.29 is 9.53 Å². The number of fused-ring (bicyclic) bond motifs is 1. The Labute approximate surface area is 195 Å². The van der Waals surface area contributed by atoms with Crippen LogP contribution in [-0.4, -0.2) is 20.9 Å². The van der Waals surface area contributed by atoms with Gasteiger partial charge >= 0.3 is 0 Å². The summed E-state index contributed by atoms with van der Waals surface area (Å²) in [6.45, 7) is 2.37. The highest BCUT2D eigenvalue weighted by molar-refractivity contribution is 7.09. The van der Waals surface area contributed by atoms with Crippen molar-refractivity contribution >= 4 is 28.3 Å². The number of imidazole rings is 1. The van der Waals surface area contributed by atoms with Gasteiger partial charge in [-0.2, -0.15) is 0 Å². The Morgan fingerprint density at radius 1 is 1.06 bits per heavy atom. The number of rotatable bonds is 7. The van der Waals surface area contributed by atoms with Crippen molar-refractivity contribution in [2.45, 2.75) is 19.6 Å². The smallest absolute Gasteiger partial charge is 0.252 e. The number of aryl methyl sites for hydroxylation is 1. The van der Waals surface area contributed by atoms with Crippen molar-refractivity contribution in [3.8, 4) is 5.75 Å². The van der Waals surface area contributed by atoms with Crippen LogP contribution in [0.1, 0.15) is 38.2 Å². The van der Waals surface area contributed by atoms with Crippen LogP contribution in [0.2, 0.25) is 0 Å². The van der Waals surface area contributed by atoms with Crippen molar-refractivity contribution in [1.29, 1.82) is 0 Å². The molecule has 6 nitrogen and oxygen atoms in total. The fraction of sp³-hybridized carbons (Fsp3) is 0.115. The average molecular weight is 455 g/mol. The molecule has 1 amide bonds. The monoisotopic (exact) mass is 454 g/mol. The maximum Gasteiger partial charge on any atom is 0.252 e. The summed E-state index contributed by atoms with van der Waals surface area (Å²) in [5.41, 5.74) is 5.27. The summed E-state index contributed by atoms with van der Waals surface area (Å²) in [6.07, 6.45) is 1.67. The zero-order valence-electron chi connectivity index (χ0n) is 18.0. The van der Waals surface area contributed by atoms with Gasteiger partial charge in [0.15, 0.2) is 0 Å². The predicted octanol–water partition coefficient (Wildman–Crippen LogP) is 5.43. The highest BCUT2D eigenvalue weighted by Gasteiger charge is 2.18. The number of aromatic amines is 1. The van der Waals surface area contributed by atoms with E-state index in [0.29, 0.717) is 17.9 Å². The van der Waals surface area contributed by atoms with Crippen LogP contribution in [0.3, 0.4) is 0 Å². The van der Waals surface area contributed by atoms with E-state index in [9.17, 15) is 4.79 Å². The molecule has 3 aromatic carbocycles. The standard InChI is InChI=1S/C26H22N4O2S/c1-17-29-21(15-33-17)14-32-22-10-7-19(8-11-22)26(31)30-25(18-5-3-2-4-6-18)20-9-12-23-24(13-20)28-16-27-23/h2-13,15-16,25H,14H2,1H3,(H,27,28)(H,30,31). The minimum Gasteiger partial charge on any atom is -0.487 e. The lowest BCUT2D eigenvalue weighted by Crippen LogP contribution is -2.29. The van der Waals surface area contributed by atoms with Crippen molar-refractivity contribution in [2.75, 3.05) is 0 Å². The van der Waals surface area contributed by atoms with Crippen LogP contribution in [0.25, 0.3) is 11.0 Å². The third-order valence-electron chi connectivity index (χ3n) is 5.36. The molecular weight excluding hydrogens is 432 g/mol. The lowest BCUT2D eigenvalue weighted by Gasteiger charge is -2.20. The number of hydrogen-bond acceptors (Lipinski definition) is 5. The first-order valence-electron chi connectivity index (χ1n) is 10.6. The number of nitrogens with zero attached hydrogens (tertiary/aromatic N) is 2. The van der Waals surface area contributed by atoms with Crippen molar-refractivity contribution in [1.82, 2.24) is 20.3 Å². The topological polar surface area (TPSA) is 79.9 Å². The quantitative estimate of drug-likeness (QED) is 0.344. The van der Waals surface area contributed by atoms with Gasteiger partial charge in [-0.05, 0) is 54.4 Å². The molecule has 33 heavy (non-hydrogen) atoms. The number of H-pyrrole nitrogens is 1. The SMILES string of the molecule is Cc1nc(COc2ccc(C(=O)NC(c3ccccc3)c3ccc4nc[nH]c4c3)cc2)cs1. The van der Waals surface area contributed by atoms with Crippen molar-refractivity contribution in [3.63, 3.8) is 0 Å². The highest BCUT2D eigenvalue weighted by atomic mass is 32.1. The molecule has 7 heteroatoms. The van der Waals surface area contributed by atoms with E-state index in [2.05, 4.69) is 20.3 Å². The van der Waals surface area contributed by atoms with E-state index in [1.807, 2.05) is 73.0 Å². The summed E-state index contributed by atoms with van der Waals surface area (Å²) in [4.78, 5) is 25.0. The molecular formula is C26H22N4O2S. The van der Waals surface area contributed by atoms with E-state index in [1.165, 1.54) is 0 Å². The molecule has 2 heterocycles. The van der Waals surface area contributed by atoms with Crippen LogP contribution in [-0.2, 0) is 6.61 Å². The first kappa shape index (κ1) is 20.9. The minimum absolute atomic E-state index is 0.157. The fourth-order valence-electron chi connectivity index (χ4n) is 3.69. The zero-order chi connectivity index (χ0) is 22.6. The lowest BCUT2D eigenvalue weighted by atomic mass is 9.97. The number of carbonyl (C=O) groups is 1. The van der Waals surface area contributed by atoms with Gasteiger partial charge in [0.25, 0.3) is 5.91 Å². The largest absolute Gasteiger partial charge is 0.487 e. The summed E-state index contributed by atoms with van der Waals surface area (Å²) in [7, 11) is 0. The second kappa shape index (κ2) is 9.26. The summed E-state index contributed by atoms with van der Waals surface area (Å²) < 4.78 is 5.80. The molecule has 1 atom stereocenters. The van der Waals surface area contributed by atoms with Crippen LogP contribution in [0.4, 0.5) is 0 Å². The maximum atomic E-state index is 13.1. The Hall–Kier alpha value is -3.97. The third kappa shape index (κ3) is 4.78. The lowest BCUT2D eigenvalue weighted by molar-refractivity contribution is 0.0943. The van der Waals surface area contributed by atoms with E-state index in [4.69, 9.17) is 4.74 Å². The van der Waals surface area contributed by atoms with Gasteiger partial charge in [-0.25, -0.2) is 9.97 Å². The Bertz CT molecular complexity index is 1380. The second-order valence-electron chi connectivity index (χ2n) is 7.67. The van der Waals surface area contributed by atoms with E-state index >= 15 is 0 Å². The first-order valence-corrected chi connectivity index (χ1v) is 11.5. The summed E-state index contributed by atoms with van der Waals surface area (Å²) in [5.74, 6) is 0.539. The number of aromatic nitrogens is 3. The van der Waals surface area contributed by atoms with Gasteiger partial charge in [-0.3, -0.25) is 4.79 Å². The number of nitrogens with one attached hydrogen (secondary N) is 2. The molecule has 1 unspecified atom stereocenters. The zero-order valence-corrected chi connectivity index (χ0v) is 18.8. The summed E-state index contributed by atoms with van der Waals surface area (Å²) in [6, 6.07) is 22.8. The number of benzene rings is 3. The van der Waals surface area contributed by atoms with Gasteiger partial charge in [0.1, 0.15) is 12.4 Å². The number of hydrogen-bond donors (Lipinski definition) is 2. The Morgan fingerprint density at radius 2 is 1.88 bits per heavy atom. The maximum absolute atomic E-state index is 13.1. The van der Waals surface area contributed by atoms with Crippen LogP contribution < -0.4 is 10.1 Å². The van der Waals surface area contributed by atoms with E-state index < -0.39 is 0 Å². The Balaban J connectivity index is 1.33. The molecule has 0 aliphatic rings. The van der Waals surface area contributed by atoms with Crippen LogP contribution in [0.15, 0.2) is 84.5 Å². The molecule has 0 spiro atoms. The van der Waals surface area contributed by atoms with Gasteiger partial charge in [-0.1, -0.05) is 36.4 Å². The number of amides is 1. The molecule has 0 aliphatic carbocycles. The molecule has 0 saturated heterocycles. The molecule has 5 aromatic rings. The van der Waals surface area contributed by atoms with Gasteiger partial charge in [0.2, 0.25) is 0 Å². The molecule has 0 aliphatic heterocycles. The molecule has 0 saturated carbocycles. The van der Waals surface area contributed by atoms with Gasteiger partial charge < -0.3 is 15.0 Å². The Morgan fingerprint density at radius 3 is 2.64 bits per heavy atom. The molecule has 164 valence electrons. The van der Waals surface area contributed by atoms with Crippen LogP contribution in [0.5, 0.6) is 5.75 Å². The van der Waals surface area contributed by atoms with Crippen LogP contribution in [0, 0.1) is 6.92 Å². The molecule has 2 aromatic heterocycles. The van der Waals surface area contributed by atoms with Crippen molar-refractivity contribution in [3.05, 3.63) is 112 Å². The molecule has 0 fully saturated rings. The first-order chi connectivity index (χ1) is 16.2. The Kier molecular flexibility index (Phi) is 5.87. The van der Waals surface area contributed by atoms with E-state index in [1.54, 1.807) is 29.8 Å². The second-order valence-corrected chi connectivity index (χ2v) is 8.73. The number of ether oxygens (including phenoxy) is 1. The minimum atomic E-state index is -0.296. The molecule has 0 radical (unpaired) electrons. The van der Waals surface area contributed by atoms with Gasteiger partial charge in [-0.15, -0.1) is 11.3 Å². The fourth-order valence-corrected chi connectivity index (χ4v) is 4.28. The van der Waals surface area contributed by atoms with E-state index in [-0.39, 0.29) is 11.9 Å². The van der Waals surface area contributed by atoms with Crippen molar-refractivity contribution in [2.24, 2.45) is 0 Å². The van der Waals surface area contributed by atoms with E-state index in [0.717, 1.165) is 32.9 Å². The summed E-state index contributed by atoms with van der Waals surface area (Å²) >= 11 is 1.60. The predicted molar refractivity (Wildman–Crippen MR) is 129 cm³/mol. The highest BCUT2D eigenvalue weighted by Crippen LogP contribution is 2.25. The number of thiazole rings is 1. The van der Waals surface area contributed by atoms with Crippen LogP contribution >= 0.6 is 11.3 Å². The molecule has 2 N–H and O–H groups in total. The van der Waals surface area contributed by atoms with Gasteiger partial charge in [0, 0.05) is 10.9 Å². The normalized spacial score (nSPS) is 11.9. The van der Waals surface area contributed by atoms with Gasteiger partial charge in [0.05, 0.1) is 34.1 Å². The summed E-state index contributed by atoms with van der Waals surface area (Å²) in [5, 5.41) is 6.18.